The smallest absolute Gasteiger partial charge is 0.153 e. The molecule has 2 N–H and O–H groups in total. The Morgan fingerprint density at radius 1 is 1.38 bits per heavy atom. The Bertz CT molecular complexity index is 547. The zero-order valence-corrected chi connectivity index (χ0v) is 9.61. The Balaban J connectivity index is 2.43. The van der Waals surface area contributed by atoms with E-state index in [-0.39, 0.29) is 0 Å². The van der Waals surface area contributed by atoms with Gasteiger partial charge in [-0.05, 0) is 5.56 Å². The van der Waals surface area contributed by atoms with Gasteiger partial charge in [0.1, 0.15) is 10.8 Å². The second-order valence-corrected chi connectivity index (χ2v) is 6.35. The van der Waals surface area contributed by atoms with Crippen LogP contribution in [0.25, 0.3) is 0 Å². The minimum atomic E-state index is -3.29. The average Bonchev–Trinajstić information content (AvgIpc) is 2.87. The second-order valence-electron chi connectivity index (χ2n) is 4.18. The molecule has 1 aliphatic rings. The van der Waals surface area contributed by atoms with Gasteiger partial charge in [-0.25, -0.2) is 8.42 Å². The lowest BCUT2D eigenvalue weighted by atomic mass is 10.1. The normalized spacial score (nSPS) is 33.1. The summed E-state index contributed by atoms with van der Waals surface area (Å²) in [5.74, 6) is -0.409. The molecule has 5 heteroatoms. The van der Waals surface area contributed by atoms with E-state index in [1.54, 1.807) is 12.1 Å². The van der Waals surface area contributed by atoms with Crippen molar-refractivity contribution in [2.75, 3.05) is 6.26 Å². The molecule has 3 atom stereocenters. The van der Waals surface area contributed by atoms with Crippen LogP contribution < -0.4 is 5.73 Å². The molecule has 0 unspecified atom stereocenters. The lowest BCUT2D eigenvalue weighted by Crippen LogP contribution is -2.28. The van der Waals surface area contributed by atoms with Gasteiger partial charge in [0.05, 0.1) is 6.07 Å². The summed E-state index contributed by atoms with van der Waals surface area (Å²) in [4.78, 5) is 0. The third kappa shape index (κ3) is 1.51. The molecule has 1 fully saturated rings. The molecule has 16 heavy (non-hydrogen) atoms. The summed E-state index contributed by atoms with van der Waals surface area (Å²) in [7, 11) is -3.29. The van der Waals surface area contributed by atoms with Crippen LogP contribution >= 0.6 is 0 Å². The van der Waals surface area contributed by atoms with E-state index in [9.17, 15) is 8.42 Å². The van der Waals surface area contributed by atoms with Crippen molar-refractivity contribution in [3.05, 3.63) is 35.9 Å². The lowest BCUT2D eigenvalue weighted by Gasteiger charge is -1.99. The van der Waals surface area contributed by atoms with Crippen LogP contribution in [0.4, 0.5) is 0 Å². The summed E-state index contributed by atoms with van der Waals surface area (Å²) >= 11 is 0. The summed E-state index contributed by atoms with van der Waals surface area (Å²) in [5.41, 5.74) is 5.35. The molecule has 0 saturated heterocycles. The number of hydrogen-bond donors (Lipinski definition) is 1. The first-order chi connectivity index (χ1) is 7.41. The zero-order chi connectivity index (χ0) is 12.0. The molecule has 1 aromatic rings. The highest BCUT2D eigenvalue weighted by atomic mass is 32.2. The summed E-state index contributed by atoms with van der Waals surface area (Å²) in [5, 5.41) is 8.21. The van der Waals surface area contributed by atoms with Gasteiger partial charge in [-0.3, -0.25) is 0 Å². The van der Waals surface area contributed by atoms with E-state index in [1.165, 1.54) is 0 Å². The Labute approximate surface area is 94.6 Å². The molecule has 2 rings (SSSR count). The minimum Gasteiger partial charge on any atom is -0.312 e. The van der Waals surface area contributed by atoms with Gasteiger partial charge in [0, 0.05) is 12.2 Å². The molecular formula is C11H12N2O2S. The summed E-state index contributed by atoms with van der Waals surface area (Å²) < 4.78 is 23.0. The topological polar surface area (TPSA) is 83.9 Å². The molecule has 0 spiro atoms. The maximum atomic E-state index is 11.5. The fraction of sp³-hybridized carbons (Fsp3) is 0.364. The van der Waals surface area contributed by atoms with Gasteiger partial charge in [0.15, 0.2) is 9.84 Å². The Morgan fingerprint density at radius 2 is 1.94 bits per heavy atom. The van der Waals surface area contributed by atoms with E-state index in [1.807, 2.05) is 24.3 Å². The maximum Gasteiger partial charge on any atom is 0.153 e. The SMILES string of the molecule is CS(=O)(=O)[C@@H]1[C@H](c2ccccc2)[C@]1(N)C#N. The van der Waals surface area contributed by atoms with Gasteiger partial charge >= 0.3 is 0 Å². The van der Waals surface area contributed by atoms with Crippen molar-refractivity contribution in [1.29, 1.82) is 5.26 Å². The third-order valence-electron chi connectivity index (χ3n) is 2.99. The maximum absolute atomic E-state index is 11.5. The number of benzene rings is 1. The van der Waals surface area contributed by atoms with Gasteiger partial charge in [0.2, 0.25) is 0 Å². The van der Waals surface area contributed by atoms with Crippen molar-refractivity contribution < 1.29 is 8.42 Å². The first-order valence-corrected chi connectivity index (χ1v) is 6.80. The predicted octanol–water partition coefficient (Wildman–Crippen LogP) is 0.418. The van der Waals surface area contributed by atoms with Gasteiger partial charge in [0.25, 0.3) is 0 Å². The third-order valence-corrected chi connectivity index (χ3v) is 4.58. The summed E-state index contributed by atoms with van der Waals surface area (Å²) in [6.07, 6.45) is 1.12. The number of nitrogens with zero attached hydrogens (tertiary/aromatic N) is 1. The van der Waals surface area contributed by atoms with Crippen LogP contribution in [0.3, 0.4) is 0 Å². The van der Waals surface area contributed by atoms with Crippen LogP contribution in [-0.2, 0) is 9.84 Å². The summed E-state index contributed by atoms with van der Waals surface area (Å²) in [6.45, 7) is 0. The molecule has 0 heterocycles. The minimum absolute atomic E-state index is 0.409. The average molecular weight is 236 g/mol. The van der Waals surface area contributed by atoms with Gasteiger partial charge in [-0.15, -0.1) is 0 Å². The molecule has 0 radical (unpaired) electrons. The van der Waals surface area contributed by atoms with Gasteiger partial charge < -0.3 is 5.73 Å². The van der Waals surface area contributed by atoms with Crippen LogP contribution in [0.1, 0.15) is 11.5 Å². The molecule has 0 aromatic heterocycles. The number of hydrogen-bond acceptors (Lipinski definition) is 4. The Morgan fingerprint density at radius 3 is 2.31 bits per heavy atom. The molecule has 0 amide bonds. The van der Waals surface area contributed by atoms with Crippen LogP contribution in [0.15, 0.2) is 30.3 Å². The molecule has 0 bridgehead atoms. The van der Waals surface area contributed by atoms with Gasteiger partial charge in [-0.1, -0.05) is 30.3 Å². The Hall–Kier alpha value is -1.38. The van der Waals surface area contributed by atoms with Crippen molar-refractivity contribution in [3.8, 4) is 6.07 Å². The highest BCUT2D eigenvalue weighted by Crippen LogP contribution is 2.53. The standard InChI is InChI=1S/C11H12N2O2S/c1-16(14,15)10-9(11(10,13)7-12)8-5-3-2-4-6-8/h2-6,9-10H,13H2,1H3/t9-,10+,11+/m0/s1. The highest BCUT2D eigenvalue weighted by molar-refractivity contribution is 7.91. The van der Waals surface area contributed by atoms with Crippen molar-refractivity contribution >= 4 is 9.84 Å². The number of nitrogens with two attached hydrogens (primary N) is 1. The van der Waals surface area contributed by atoms with Gasteiger partial charge in [-0.2, -0.15) is 5.26 Å². The fourth-order valence-electron chi connectivity index (χ4n) is 2.22. The molecule has 84 valence electrons. The van der Waals surface area contributed by atoms with Crippen molar-refractivity contribution in [3.63, 3.8) is 0 Å². The van der Waals surface area contributed by atoms with E-state index in [0.29, 0.717) is 0 Å². The van der Waals surface area contributed by atoms with Crippen molar-refractivity contribution in [1.82, 2.24) is 0 Å². The van der Waals surface area contributed by atoms with Crippen LogP contribution in [0.2, 0.25) is 0 Å². The molecule has 4 nitrogen and oxygen atoms in total. The highest BCUT2D eigenvalue weighted by Gasteiger charge is 2.69. The molecule has 1 aliphatic carbocycles. The monoisotopic (exact) mass is 236 g/mol. The van der Waals surface area contributed by atoms with Crippen LogP contribution in [-0.4, -0.2) is 25.5 Å². The molecule has 1 aromatic carbocycles. The van der Waals surface area contributed by atoms with Crippen LogP contribution in [0, 0.1) is 11.3 Å². The van der Waals surface area contributed by atoms with E-state index in [2.05, 4.69) is 0 Å². The lowest BCUT2D eigenvalue weighted by molar-refractivity contribution is 0.597. The fourth-order valence-corrected chi connectivity index (χ4v) is 3.93. The van der Waals surface area contributed by atoms with E-state index in [4.69, 9.17) is 11.0 Å². The molecule has 0 aliphatic heterocycles. The Kier molecular flexibility index (Phi) is 2.30. The number of sulfone groups is 1. The van der Waals surface area contributed by atoms with Crippen molar-refractivity contribution in [2.45, 2.75) is 16.7 Å². The molecular weight excluding hydrogens is 224 g/mol. The first-order valence-electron chi connectivity index (χ1n) is 4.85. The summed E-state index contributed by atoms with van der Waals surface area (Å²) in [6, 6.07) is 11.0. The first kappa shape index (κ1) is 11.1. The predicted molar refractivity (Wildman–Crippen MR) is 60.3 cm³/mol. The largest absolute Gasteiger partial charge is 0.312 e. The second kappa shape index (κ2) is 3.30. The zero-order valence-electron chi connectivity index (χ0n) is 8.79. The molecule has 1 saturated carbocycles. The number of nitriles is 1. The van der Waals surface area contributed by atoms with Crippen LogP contribution in [0.5, 0.6) is 0 Å². The number of rotatable bonds is 2. The quantitative estimate of drug-likeness (QED) is 0.806. The van der Waals surface area contributed by atoms with E-state index in [0.717, 1.165) is 11.8 Å². The van der Waals surface area contributed by atoms with E-state index < -0.39 is 26.5 Å². The van der Waals surface area contributed by atoms with Crippen molar-refractivity contribution in [2.24, 2.45) is 5.73 Å². The van der Waals surface area contributed by atoms with E-state index >= 15 is 0 Å².